The summed E-state index contributed by atoms with van der Waals surface area (Å²) in [6.07, 6.45) is 1.09. The average molecular weight is 287 g/mol. The number of nitrogens with two attached hydrogens (primary N) is 1. The fourth-order valence-corrected chi connectivity index (χ4v) is 3.52. The van der Waals surface area contributed by atoms with E-state index < -0.39 is 0 Å². The lowest BCUT2D eigenvalue weighted by Gasteiger charge is -2.36. The molecule has 0 bridgehead atoms. The van der Waals surface area contributed by atoms with Crippen LogP contribution in [-0.2, 0) is 5.54 Å². The highest BCUT2D eigenvalue weighted by atomic mass is 15.1. The zero-order valence-electron chi connectivity index (χ0n) is 14.5. The standard InChI is InChI=1S/C18H29N3/c1-12(2)16-20-14-10-13(19)8-9-15(14)21(16)18(6,7)11-17(3,4)5/h8-10,12H,11,19H2,1-7H3. The lowest BCUT2D eigenvalue weighted by Crippen LogP contribution is -2.33. The number of rotatable bonds is 3. The molecule has 3 nitrogen and oxygen atoms in total. The molecule has 116 valence electrons. The Morgan fingerprint density at radius 3 is 2.29 bits per heavy atom. The van der Waals surface area contributed by atoms with Crippen molar-refractivity contribution in [2.24, 2.45) is 5.41 Å². The molecule has 0 saturated heterocycles. The van der Waals surface area contributed by atoms with Gasteiger partial charge in [0.2, 0.25) is 0 Å². The summed E-state index contributed by atoms with van der Waals surface area (Å²) in [5.74, 6) is 1.53. The first kappa shape index (κ1) is 15.9. The van der Waals surface area contributed by atoms with Gasteiger partial charge in [0.15, 0.2) is 0 Å². The highest BCUT2D eigenvalue weighted by Crippen LogP contribution is 2.37. The Labute approximate surface area is 128 Å². The van der Waals surface area contributed by atoms with Crippen LogP contribution in [0.3, 0.4) is 0 Å². The molecule has 0 aliphatic rings. The van der Waals surface area contributed by atoms with E-state index in [1.807, 2.05) is 12.1 Å². The molecule has 2 aromatic rings. The second kappa shape index (κ2) is 5.04. The van der Waals surface area contributed by atoms with Crippen molar-refractivity contribution < 1.29 is 0 Å². The zero-order chi connectivity index (χ0) is 16.0. The van der Waals surface area contributed by atoms with E-state index in [2.05, 4.69) is 59.1 Å². The molecule has 0 amide bonds. The molecule has 2 N–H and O–H groups in total. The predicted octanol–water partition coefficient (Wildman–Crippen LogP) is 4.91. The Balaban J connectivity index is 2.68. The molecule has 0 radical (unpaired) electrons. The molecule has 0 unspecified atom stereocenters. The van der Waals surface area contributed by atoms with Crippen LogP contribution in [0.5, 0.6) is 0 Å². The van der Waals surface area contributed by atoms with Crippen molar-refractivity contribution in [3.63, 3.8) is 0 Å². The van der Waals surface area contributed by atoms with Crippen molar-refractivity contribution in [3.05, 3.63) is 24.0 Å². The summed E-state index contributed by atoms with van der Waals surface area (Å²) >= 11 is 0. The summed E-state index contributed by atoms with van der Waals surface area (Å²) in [4.78, 5) is 4.85. The third-order valence-corrected chi connectivity index (χ3v) is 3.79. The minimum Gasteiger partial charge on any atom is -0.399 e. The van der Waals surface area contributed by atoms with Gasteiger partial charge in [-0.1, -0.05) is 34.6 Å². The largest absolute Gasteiger partial charge is 0.399 e. The summed E-state index contributed by atoms with van der Waals surface area (Å²) < 4.78 is 2.41. The van der Waals surface area contributed by atoms with Gasteiger partial charge in [-0.15, -0.1) is 0 Å². The van der Waals surface area contributed by atoms with E-state index in [0.29, 0.717) is 5.92 Å². The molecular formula is C18H29N3. The van der Waals surface area contributed by atoms with Crippen LogP contribution in [0, 0.1) is 5.41 Å². The third kappa shape index (κ3) is 3.22. The molecule has 0 spiro atoms. The van der Waals surface area contributed by atoms with Crippen LogP contribution in [-0.4, -0.2) is 9.55 Å². The second-order valence-electron chi connectivity index (χ2n) is 8.26. The van der Waals surface area contributed by atoms with Crippen LogP contribution in [0.4, 0.5) is 5.69 Å². The van der Waals surface area contributed by atoms with Gasteiger partial charge in [-0.05, 0) is 43.9 Å². The normalized spacial score (nSPS) is 13.3. The van der Waals surface area contributed by atoms with Gasteiger partial charge in [-0.2, -0.15) is 0 Å². The van der Waals surface area contributed by atoms with Crippen LogP contribution in [0.1, 0.15) is 66.6 Å². The van der Waals surface area contributed by atoms with Crippen molar-refractivity contribution in [2.75, 3.05) is 5.73 Å². The van der Waals surface area contributed by atoms with Crippen LogP contribution in [0.15, 0.2) is 18.2 Å². The van der Waals surface area contributed by atoms with Gasteiger partial charge in [-0.3, -0.25) is 0 Å². The number of hydrogen-bond acceptors (Lipinski definition) is 2. The summed E-state index contributed by atoms with van der Waals surface area (Å²) in [5.41, 5.74) is 9.16. The number of nitrogens with zero attached hydrogens (tertiary/aromatic N) is 2. The molecule has 1 aromatic heterocycles. The number of benzene rings is 1. The maximum absolute atomic E-state index is 5.92. The molecule has 2 rings (SSSR count). The second-order valence-corrected chi connectivity index (χ2v) is 8.26. The number of hydrogen-bond donors (Lipinski definition) is 1. The molecule has 1 aromatic carbocycles. The van der Waals surface area contributed by atoms with E-state index in [4.69, 9.17) is 10.7 Å². The van der Waals surface area contributed by atoms with E-state index in [0.717, 1.165) is 23.4 Å². The van der Waals surface area contributed by atoms with Gasteiger partial charge in [0, 0.05) is 17.1 Å². The monoisotopic (exact) mass is 287 g/mol. The molecule has 21 heavy (non-hydrogen) atoms. The van der Waals surface area contributed by atoms with Crippen LogP contribution >= 0.6 is 0 Å². The Kier molecular flexibility index (Phi) is 3.81. The fraction of sp³-hybridized carbons (Fsp3) is 0.611. The van der Waals surface area contributed by atoms with Gasteiger partial charge < -0.3 is 10.3 Å². The maximum Gasteiger partial charge on any atom is 0.112 e. The molecule has 0 aliphatic heterocycles. The van der Waals surface area contributed by atoms with E-state index in [1.165, 1.54) is 5.52 Å². The van der Waals surface area contributed by atoms with Crippen molar-refractivity contribution in [1.82, 2.24) is 9.55 Å². The van der Waals surface area contributed by atoms with E-state index >= 15 is 0 Å². The average Bonchev–Trinajstić information content (AvgIpc) is 2.64. The van der Waals surface area contributed by atoms with Crippen molar-refractivity contribution in [1.29, 1.82) is 0 Å². The summed E-state index contributed by atoms with van der Waals surface area (Å²) in [6.45, 7) is 15.9. The van der Waals surface area contributed by atoms with Crippen molar-refractivity contribution in [2.45, 2.75) is 66.3 Å². The van der Waals surface area contributed by atoms with Gasteiger partial charge in [0.25, 0.3) is 0 Å². The highest BCUT2D eigenvalue weighted by molar-refractivity contribution is 5.80. The minimum atomic E-state index is 0.0166. The predicted molar refractivity (Wildman–Crippen MR) is 91.6 cm³/mol. The molecule has 1 heterocycles. The summed E-state index contributed by atoms with van der Waals surface area (Å²) in [7, 11) is 0. The SMILES string of the molecule is CC(C)c1nc2cc(N)ccc2n1C(C)(C)CC(C)(C)C. The number of anilines is 1. The van der Waals surface area contributed by atoms with Crippen LogP contribution in [0.2, 0.25) is 0 Å². The lowest BCUT2D eigenvalue weighted by molar-refractivity contribution is 0.214. The molecule has 3 heteroatoms. The van der Waals surface area contributed by atoms with Gasteiger partial charge in [0.1, 0.15) is 5.82 Å². The number of nitrogen functional groups attached to an aromatic ring is 1. The van der Waals surface area contributed by atoms with Gasteiger partial charge in [0.05, 0.1) is 11.0 Å². The van der Waals surface area contributed by atoms with Crippen molar-refractivity contribution >= 4 is 16.7 Å². The Morgan fingerprint density at radius 2 is 1.76 bits per heavy atom. The topological polar surface area (TPSA) is 43.8 Å². The molecule has 0 fully saturated rings. The molecular weight excluding hydrogens is 258 g/mol. The molecule has 0 saturated carbocycles. The van der Waals surface area contributed by atoms with Gasteiger partial charge in [-0.25, -0.2) is 4.98 Å². The van der Waals surface area contributed by atoms with Gasteiger partial charge >= 0.3 is 0 Å². The van der Waals surface area contributed by atoms with E-state index in [1.54, 1.807) is 0 Å². The van der Waals surface area contributed by atoms with E-state index in [9.17, 15) is 0 Å². The molecule has 0 atom stereocenters. The number of aromatic nitrogens is 2. The minimum absolute atomic E-state index is 0.0166. The van der Waals surface area contributed by atoms with Crippen LogP contribution in [0.25, 0.3) is 11.0 Å². The van der Waals surface area contributed by atoms with E-state index in [-0.39, 0.29) is 11.0 Å². The first-order valence-corrected chi connectivity index (χ1v) is 7.80. The van der Waals surface area contributed by atoms with Crippen molar-refractivity contribution in [3.8, 4) is 0 Å². The lowest BCUT2D eigenvalue weighted by atomic mass is 9.81. The Bertz CT molecular complexity index is 642. The first-order valence-electron chi connectivity index (χ1n) is 7.80. The zero-order valence-corrected chi connectivity index (χ0v) is 14.5. The van der Waals surface area contributed by atoms with Crippen LogP contribution < -0.4 is 5.73 Å². The fourth-order valence-electron chi connectivity index (χ4n) is 3.52. The molecule has 0 aliphatic carbocycles. The smallest absolute Gasteiger partial charge is 0.112 e. The Morgan fingerprint density at radius 1 is 1.14 bits per heavy atom. The number of imidazole rings is 1. The summed E-state index contributed by atoms with van der Waals surface area (Å²) in [5, 5.41) is 0. The highest BCUT2D eigenvalue weighted by Gasteiger charge is 2.31. The Hall–Kier alpha value is -1.51. The maximum atomic E-state index is 5.92. The number of fused-ring (bicyclic) bond motifs is 1. The first-order chi connectivity index (χ1) is 9.51. The summed E-state index contributed by atoms with van der Waals surface area (Å²) in [6, 6.07) is 6.05. The third-order valence-electron chi connectivity index (χ3n) is 3.79. The quantitative estimate of drug-likeness (QED) is 0.815.